The van der Waals surface area contributed by atoms with Crippen LogP contribution in [0.15, 0.2) is 46.9 Å². The minimum Gasteiger partial charge on any atom is -0.392 e. The van der Waals surface area contributed by atoms with E-state index in [1.54, 1.807) is 6.07 Å². The normalized spacial score (nSPS) is 18.9. The maximum atomic E-state index is 13.9. The van der Waals surface area contributed by atoms with Crippen molar-refractivity contribution in [2.24, 2.45) is 0 Å². The van der Waals surface area contributed by atoms with Crippen LogP contribution in [-0.2, 0) is 12.8 Å². The molecular formula is C17H16BrFO. The maximum Gasteiger partial charge on any atom is 0.127 e. The molecule has 0 aromatic heterocycles. The second-order valence-electron chi connectivity index (χ2n) is 5.35. The van der Waals surface area contributed by atoms with Gasteiger partial charge in [-0.05, 0) is 41.7 Å². The molecule has 0 saturated carbocycles. The number of aliphatic hydroxyl groups is 1. The van der Waals surface area contributed by atoms with Gasteiger partial charge in [0.1, 0.15) is 5.82 Å². The largest absolute Gasteiger partial charge is 0.392 e. The first-order valence-electron chi connectivity index (χ1n) is 6.85. The quantitative estimate of drug-likeness (QED) is 0.890. The monoisotopic (exact) mass is 334 g/mol. The fourth-order valence-electron chi connectivity index (χ4n) is 3.04. The number of aliphatic hydroxyl groups excluding tert-OH is 1. The van der Waals surface area contributed by atoms with Crippen LogP contribution in [0.5, 0.6) is 0 Å². The molecule has 3 heteroatoms. The fraction of sp³-hybridized carbons (Fsp3) is 0.294. The van der Waals surface area contributed by atoms with Crippen LogP contribution >= 0.6 is 15.9 Å². The van der Waals surface area contributed by atoms with Gasteiger partial charge in [0.15, 0.2) is 0 Å². The van der Waals surface area contributed by atoms with E-state index in [1.165, 1.54) is 17.2 Å². The molecule has 2 aromatic carbocycles. The number of hydrogen-bond donors (Lipinski definition) is 1. The average Bonchev–Trinajstić information content (AvgIpc) is 2.86. The molecule has 0 heterocycles. The van der Waals surface area contributed by atoms with Crippen molar-refractivity contribution in [2.75, 3.05) is 0 Å². The van der Waals surface area contributed by atoms with Gasteiger partial charge in [-0.15, -0.1) is 0 Å². The van der Waals surface area contributed by atoms with Gasteiger partial charge in [-0.2, -0.15) is 0 Å². The topological polar surface area (TPSA) is 20.2 Å². The van der Waals surface area contributed by atoms with Gasteiger partial charge >= 0.3 is 0 Å². The summed E-state index contributed by atoms with van der Waals surface area (Å²) in [5, 5.41) is 10.5. The van der Waals surface area contributed by atoms with E-state index in [2.05, 4.69) is 28.1 Å². The number of rotatable bonds is 3. The maximum absolute atomic E-state index is 13.9. The van der Waals surface area contributed by atoms with E-state index in [1.807, 2.05) is 18.2 Å². The standard InChI is InChI=1S/C17H16BrFO/c18-13-7-5-12(16(19)10-13)9-17(20)15-8-6-11-3-1-2-4-14(11)15/h1-5,7,10,15,17,20H,6,8-9H2. The van der Waals surface area contributed by atoms with Gasteiger partial charge in [-0.1, -0.05) is 46.3 Å². The molecule has 2 atom stereocenters. The molecule has 0 spiro atoms. The second kappa shape index (κ2) is 5.66. The molecule has 104 valence electrons. The zero-order valence-corrected chi connectivity index (χ0v) is 12.6. The molecule has 0 bridgehead atoms. The molecule has 2 unspecified atom stereocenters. The van der Waals surface area contributed by atoms with Crippen LogP contribution in [0, 0.1) is 5.82 Å². The first kappa shape index (κ1) is 13.8. The van der Waals surface area contributed by atoms with Gasteiger partial charge in [0.25, 0.3) is 0 Å². The van der Waals surface area contributed by atoms with Crippen LogP contribution < -0.4 is 0 Å². The third-order valence-electron chi connectivity index (χ3n) is 4.09. The molecule has 20 heavy (non-hydrogen) atoms. The van der Waals surface area contributed by atoms with Crippen molar-refractivity contribution in [2.45, 2.75) is 31.3 Å². The number of halogens is 2. The average molecular weight is 335 g/mol. The summed E-state index contributed by atoms with van der Waals surface area (Å²) in [7, 11) is 0. The summed E-state index contributed by atoms with van der Waals surface area (Å²) in [5.41, 5.74) is 3.11. The fourth-order valence-corrected chi connectivity index (χ4v) is 3.38. The highest BCUT2D eigenvalue weighted by Gasteiger charge is 2.28. The van der Waals surface area contributed by atoms with Crippen molar-refractivity contribution in [1.29, 1.82) is 0 Å². The van der Waals surface area contributed by atoms with Crippen molar-refractivity contribution < 1.29 is 9.50 Å². The van der Waals surface area contributed by atoms with Crippen molar-refractivity contribution in [3.05, 3.63) is 69.4 Å². The van der Waals surface area contributed by atoms with Gasteiger partial charge in [-0.25, -0.2) is 4.39 Å². The van der Waals surface area contributed by atoms with Gasteiger partial charge < -0.3 is 5.11 Å². The highest BCUT2D eigenvalue weighted by molar-refractivity contribution is 9.10. The summed E-state index contributed by atoms with van der Waals surface area (Å²) in [6, 6.07) is 13.2. The van der Waals surface area contributed by atoms with Crippen molar-refractivity contribution in [3.63, 3.8) is 0 Å². The number of benzene rings is 2. The zero-order chi connectivity index (χ0) is 14.1. The Morgan fingerprint density at radius 1 is 1.25 bits per heavy atom. The van der Waals surface area contributed by atoms with Gasteiger partial charge in [0.05, 0.1) is 6.10 Å². The van der Waals surface area contributed by atoms with Crippen LogP contribution in [0.1, 0.15) is 29.0 Å². The summed E-state index contributed by atoms with van der Waals surface area (Å²) >= 11 is 3.25. The molecule has 2 aromatic rings. The Kier molecular flexibility index (Phi) is 3.90. The van der Waals surface area contributed by atoms with E-state index in [0.717, 1.165) is 17.3 Å². The predicted octanol–water partition coefficient (Wildman–Crippen LogP) is 4.22. The van der Waals surface area contributed by atoms with Crippen LogP contribution in [0.3, 0.4) is 0 Å². The molecule has 3 rings (SSSR count). The molecule has 1 N–H and O–H groups in total. The Morgan fingerprint density at radius 3 is 2.85 bits per heavy atom. The highest BCUT2D eigenvalue weighted by atomic mass is 79.9. The molecular weight excluding hydrogens is 319 g/mol. The molecule has 0 fully saturated rings. The summed E-state index contributed by atoms with van der Waals surface area (Å²) in [5.74, 6) is -0.140. The number of hydrogen-bond acceptors (Lipinski definition) is 1. The highest BCUT2D eigenvalue weighted by Crippen LogP contribution is 2.36. The Bertz CT molecular complexity index is 626. The van der Waals surface area contributed by atoms with E-state index >= 15 is 0 Å². The number of aryl methyl sites for hydroxylation is 1. The summed E-state index contributed by atoms with van der Waals surface area (Å²) in [6.07, 6.45) is 1.77. The lowest BCUT2D eigenvalue weighted by molar-refractivity contribution is 0.142. The Hall–Kier alpha value is -1.19. The Balaban J connectivity index is 1.79. The van der Waals surface area contributed by atoms with E-state index in [-0.39, 0.29) is 11.7 Å². The minimum atomic E-state index is -0.533. The van der Waals surface area contributed by atoms with Gasteiger partial charge in [0, 0.05) is 16.8 Å². The van der Waals surface area contributed by atoms with Crippen molar-refractivity contribution in [1.82, 2.24) is 0 Å². The SMILES string of the molecule is OC(Cc1ccc(Br)cc1F)C1CCc2ccccc21. The second-order valence-corrected chi connectivity index (χ2v) is 6.27. The molecule has 1 aliphatic carbocycles. The van der Waals surface area contributed by atoms with Crippen molar-refractivity contribution in [3.8, 4) is 0 Å². The summed E-state index contributed by atoms with van der Waals surface area (Å²) < 4.78 is 14.6. The Labute approximate surface area is 126 Å². The van der Waals surface area contributed by atoms with E-state index in [9.17, 15) is 9.50 Å². The molecule has 0 amide bonds. The molecule has 1 nitrogen and oxygen atoms in total. The Morgan fingerprint density at radius 2 is 2.05 bits per heavy atom. The molecule has 1 aliphatic rings. The summed E-state index contributed by atoms with van der Waals surface area (Å²) in [4.78, 5) is 0. The van der Waals surface area contributed by atoms with Crippen LogP contribution in [0.2, 0.25) is 0 Å². The first-order chi connectivity index (χ1) is 9.65. The lowest BCUT2D eigenvalue weighted by Gasteiger charge is -2.19. The smallest absolute Gasteiger partial charge is 0.127 e. The number of fused-ring (bicyclic) bond motifs is 1. The van der Waals surface area contributed by atoms with Gasteiger partial charge in [0.2, 0.25) is 0 Å². The molecule has 0 aliphatic heterocycles. The zero-order valence-electron chi connectivity index (χ0n) is 11.0. The molecule has 0 radical (unpaired) electrons. The van der Waals surface area contributed by atoms with Crippen LogP contribution in [-0.4, -0.2) is 11.2 Å². The van der Waals surface area contributed by atoms with Crippen molar-refractivity contribution >= 4 is 15.9 Å². The van der Waals surface area contributed by atoms with Gasteiger partial charge in [-0.3, -0.25) is 0 Å². The minimum absolute atomic E-state index is 0.120. The lowest BCUT2D eigenvalue weighted by atomic mass is 9.91. The van der Waals surface area contributed by atoms with E-state index in [4.69, 9.17) is 0 Å². The lowest BCUT2D eigenvalue weighted by Crippen LogP contribution is -2.20. The molecule has 0 saturated heterocycles. The first-order valence-corrected chi connectivity index (χ1v) is 7.64. The third-order valence-corrected chi connectivity index (χ3v) is 4.58. The third kappa shape index (κ3) is 2.65. The predicted molar refractivity (Wildman–Crippen MR) is 81.3 cm³/mol. The van der Waals surface area contributed by atoms with Crippen LogP contribution in [0.4, 0.5) is 4.39 Å². The van der Waals surface area contributed by atoms with Crippen LogP contribution in [0.25, 0.3) is 0 Å². The van der Waals surface area contributed by atoms with E-state index in [0.29, 0.717) is 12.0 Å². The van der Waals surface area contributed by atoms with E-state index < -0.39 is 6.10 Å². The summed E-state index contributed by atoms with van der Waals surface area (Å²) in [6.45, 7) is 0.